The number of rotatable bonds is 3. The number of amides is 2. The van der Waals surface area contributed by atoms with Gasteiger partial charge in [-0.1, -0.05) is 48.5 Å². The number of pyridine rings is 1. The monoisotopic (exact) mass is 479 g/mol. The number of benzene rings is 2. The predicted octanol–water partition coefficient (Wildman–Crippen LogP) is 4.29. The standard InChI is InChI=1S/C28H25N5O3/c1-18-25-21(17-22(19-8-4-3-5-9-19)29-26(25)31(2)30-18)27(34)32-12-14-33(15-13-32)28(35)24-16-20-10-6-7-11-23(20)36-24/h3-11,16-17H,12-15H2,1-2H3. The van der Waals surface area contributed by atoms with Crippen molar-refractivity contribution in [1.29, 1.82) is 0 Å². The Morgan fingerprint density at radius 1 is 0.861 bits per heavy atom. The maximum Gasteiger partial charge on any atom is 0.289 e. The number of hydrogen-bond donors (Lipinski definition) is 0. The van der Waals surface area contributed by atoms with Crippen LogP contribution in [-0.2, 0) is 7.05 Å². The van der Waals surface area contributed by atoms with Crippen LogP contribution in [0.4, 0.5) is 0 Å². The summed E-state index contributed by atoms with van der Waals surface area (Å²) in [6, 6.07) is 21.0. The molecule has 8 heteroatoms. The molecule has 0 radical (unpaired) electrons. The van der Waals surface area contributed by atoms with Crippen molar-refractivity contribution in [3.63, 3.8) is 0 Å². The fourth-order valence-electron chi connectivity index (χ4n) is 4.90. The smallest absolute Gasteiger partial charge is 0.289 e. The molecular weight excluding hydrogens is 454 g/mol. The third kappa shape index (κ3) is 3.71. The van der Waals surface area contributed by atoms with Crippen LogP contribution in [-0.4, -0.2) is 62.6 Å². The van der Waals surface area contributed by atoms with Crippen LogP contribution in [0.25, 0.3) is 33.3 Å². The molecule has 2 amide bonds. The van der Waals surface area contributed by atoms with E-state index in [4.69, 9.17) is 9.40 Å². The van der Waals surface area contributed by atoms with E-state index in [9.17, 15) is 9.59 Å². The number of furan rings is 1. The Morgan fingerprint density at radius 3 is 2.25 bits per heavy atom. The minimum Gasteiger partial charge on any atom is -0.451 e. The fourth-order valence-corrected chi connectivity index (χ4v) is 4.90. The Morgan fingerprint density at radius 2 is 1.53 bits per heavy atom. The number of aryl methyl sites for hydroxylation is 2. The van der Waals surface area contributed by atoms with Crippen molar-refractivity contribution < 1.29 is 14.0 Å². The summed E-state index contributed by atoms with van der Waals surface area (Å²) >= 11 is 0. The first-order valence-corrected chi connectivity index (χ1v) is 12.0. The molecule has 3 aromatic heterocycles. The zero-order valence-electron chi connectivity index (χ0n) is 20.1. The molecule has 1 aliphatic rings. The van der Waals surface area contributed by atoms with Gasteiger partial charge < -0.3 is 14.2 Å². The van der Waals surface area contributed by atoms with Crippen LogP contribution in [0.3, 0.4) is 0 Å². The summed E-state index contributed by atoms with van der Waals surface area (Å²) in [5.41, 5.74) is 4.39. The highest BCUT2D eigenvalue weighted by molar-refractivity contribution is 6.07. The molecule has 1 fully saturated rings. The number of carbonyl (C=O) groups excluding carboxylic acids is 2. The van der Waals surface area contributed by atoms with E-state index in [0.29, 0.717) is 48.7 Å². The molecule has 0 unspecified atom stereocenters. The van der Waals surface area contributed by atoms with Gasteiger partial charge in [-0.05, 0) is 25.1 Å². The second-order valence-electron chi connectivity index (χ2n) is 9.06. The lowest BCUT2D eigenvalue weighted by molar-refractivity contribution is 0.0520. The van der Waals surface area contributed by atoms with Crippen LogP contribution in [0.2, 0.25) is 0 Å². The zero-order valence-corrected chi connectivity index (χ0v) is 20.1. The number of aromatic nitrogens is 3. The molecule has 6 rings (SSSR count). The van der Waals surface area contributed by atoms with E-state index >= 15 is 0 Å². The molecule has 0 N–H and O–H groups in total. The number of nitrogens with zero attached hydrogens (tertiary/aromatic N) is 5. The number of carbonyl (C=O) groups is 2. The third-order valence-electron chi connectivity index (χ3n) is 6.76. The van der Waals surface area contributed by atoms with E-state index in [1.54, 1.807) is 20.5 Å². The molecule has 180 valence electrons. The highest BCUT2D eigenvalue weighted by Gasteiger charge is 2.29. The molecule has 4 heterocycles. The largest absolute Gasteiger partial charge is 0.451 e. The van der Waals surface area contributed by atoms with Gasteiger partial charge in [-0.2, -0.15) is 5.10 Å². The first-order chi connectivity index (χ1) is 17.5. The van der Waals surface area contributed by atoms with Gasteiger partial charge in [0.15, 0.2) is 11.4 Å². The minimum atomic E-state index is -0.154. The first-order valence-electron chi connectivity index (χ1n) is 12.0. The first kappa shape index (κ1) is 22.0. The van der Waals surface area contributed by atoms with Crippen LogP contribution in [0.5, 0.6) is 0 Å². The Labute approximate surface area is 207 Å². The van der Waals surface area contributed by atoms with Gasteiger partial charge in [-0.25, -0.2) is 4.98 Å². The highest BCUT2D eigenvalue weighted by atomic mass is 16.3. The summed E-state index contributed by atoms with van der Waals surface area (Å²) < 4.78 is 7.48. The van der Waals surface area contributed by atoms with Crippen molar-refractivity contribution in [2.45, 2.75) is 6.92 Å². The molecule has 0 atom stereocenters. The van der Waals surface area contributed by atoms with Crippen LogP contribution >= 0.6 is 0 Å². The normalized spacial score (nSPS) is 14.1. The lowest BCUT2D eigenvalue weighted by Gasteiger charge is -2.34. The second kappa shape index (κ2) is 8.64. The van der Waals surface area contributed by atoms with Gasteiger partial charge in [0.05, 0.1) is 22.3 Å². The van der Waals surface area contributed by atoms with Gasteiger partial charge in [-0.3, -0.25) is 14.3 Å². The van der Waals surface area contributed by atoms with Crippen molar-refractivity contribution >= 4 is 33.8 Å². The Kier molecular flexibility index (Phi) is 5.29. The van der Waals surface area contributed by atoms with Crippen molar-refractivity contribution in [2.75, 3.05) is 26.2 Å². The average Bonchev–Trinajstić information content (AvgIpc) is 3.48. The molecule has 8 nitrogen and oxygen atoms in total. The number of piperazine rings is 1. The minimum absolute atomic E-state index is 0.0773. The predicted molar refractivity (Wildman–Crippen MR) is 137 cm³/mol. The summed E-state index contributed by atoms with van der Waals surface area (Å²) in [7, 11) is 1.84. The highest BCUT2D eigenvalue weighted by Crippen LogP contribution is 2.28. The quantitative estimate of drug-likeness (QED) is 0.386. The van der Waals surface area contributed by atoms with E-state index in [0.717, 1.165) is 27.7 Å². The maximum absolute atomic E-state index is 13.8. The van der Waals surface area contributed by atoms with E-state index < -0.39 is 0 Å². The Bertz CT molecular complexity index is 1580. The van der Waals surface area contributed by atoms with Crippen molar-refractivity contribution in [2.24, 2.45) is 7.05 Å². The number of hydrogen-bond acceptors (Lipinski definition) is 5. The fraction of sp³-hybridized carbons (Fsp3) is 0.214. The van der Waals surface area contributed by atoms with Crippen molar-refractivity contribution in [1.82, 2.24) is 24.6 Å². The molecule has 0 spiro atoms. The number of para-hydroxylation sites is 1. The van der Waals surface area contributed by atoms with Crippen LogP contribution in [0.15, 0.2) is 71.1 Å². The summed E-state index contributed by atoms with van der Waals surface area (Å²) in [6.45, 7) is 3.65. The lowest BCUT2D eigenvalue weighted by atomic mass is 10.0. The number of fused-ring (bicyclic) bond motifs is 2. The second-order valence-corrected chi connectivity index (χ2v) is 9.06. The molecule has 0 bridgehead atoms. The van der Waals surface area contributed by atoms with Crippen LogP contribution in [0.1, 0.15) is 26.6 Å². The van der Waals surface area contributed by atoms with Crippen LogP contribution in [0, 0.1) is 6.92 Å². The Balaban J connectivity index is 1.26. The molecule has 0 saturated carbocycles. The summed E-state index contributed by atoms with van der Waals surface area (Å²) in [5, 5.41) is 6.19. The van der Waals surface area contributed by atoms with Gasteiger partial charge in [0.1, 0.15) is 5.58 Å². The van der Waals surface area contributed by atoms with Gasteiger partial charge >= 0.3 is 0 Å². The summed E-state index contributed by atoms with van der Waals surface area (Å²) in [5.74, 6) is 0.0934. The van der Waals surface area contributed by atoms with E-state index in [1.807, 2.05) is 74.6 Å². The van der Waals surface area contributed by atoms with E-state index in [-0.39, 0.29) is 11.8 Å². The maximum atomic E-state index is 13.8. The Hall–Kier alpha value is -4.46. The van der Waals surface area contributed by atoms with Gasteiger partial charge in [0, 0.05) is 44.2 Å². The third-order valence-corrected chi connectivity index (χ3v) is 6.76. The van der Waals surface area contributed by atoms with Crippen molar-refractivity contribution in [3.05, 3.63) is 83.7 Å². The van der Waals surface area contributed by atoms with E-state index in [2.05, 4.69) is 5.10 Å². The summed E-state index contributed by atoms with van der Waals surface area (Å²) in [6.07, 6.45) is 0. The van der Waals surface area contributed by atoms with Gasteiger partial charge in [-0.15, -0.1) is 0 Å². The van der Waals surface area contributed by atoms with Crippen molar-refractivity contribution in [3.8, 4) is 11.3 Å². The van der Waals surface area contributed by atoms with E-state index in [1.165, 1.54) is 0 Å². The molecule has 36 heavy (non-hydrogen) atoms. The molecular formula is C28H25N5O3. The lowest BCUT2D eigenvalue weighted by Crippen LogP contribution is -2.50. The molecule has 0 aliphatic carbocycles. The molecule has 2 aromatic carbocycles. The van der Waals surface area contributed by atoms with Gasteiger partial charge in [0.2, 0.25) is 0 Å². The topological polar surface area (TPSA) is 84.5 Å². The van der Waals surface area contributed by atoms with Gasteiger partial charge in [0.25, 0.3) is 11.8 Å². The molecule has 5 aromatic rings. The zero-order chi connectivity index (χ0) is 24.8. The summed E-state index contributed by atoms with van der Waals surface area (Å²) in [4.78, 5) is 35.2. The average molecular weight is 480 g/mol. The van der Waals surface area contributed by atoms with Crippen LogP contribution < -0.4 is 0 Å². The molecule has 1 saturated heterocycles. The molecule has 1 aliphatic heterocycles. The SMILES string of the molecule is Cc1nn(C)c2nc(-c3ccccc3)cc(C(=O)N3CCN(C(=O)c4cc5ccccc5o4)CC3)c12.